The number of benzene rings is 1. The summed E-state index contributed by atoms with van der Waals surface area (Å²) in [5, 5.41) is 1.07. The number of hydrogen-bond donors (Lipinski definition) is 2. The van der Waals surface area contributed by atoms with Crippen LogP contribution in [0, 0.1) is 13.8 Å². The van der Waals surface area contributed by atoms with Crippen molar-refractivity contribution in [2.24, 2.45) is 5.73 Å². The van der Waals surface area contributed by atoms with Crippen molar-refractivity contribution in [2.75, 3.05) is 0 Å². The third-order valence-electron chi connectivity index (χ3n) is 2.76. The van der Waals surface area contributed by atoms with Gasteiger partial charge < -0.3 is 10.7 Å². The van der Waals surface area contributed by atoms with E-state index < -0.39 is 0 Å². The summed E-state index contributed by atoms with van der Waals surface area (Å²) >= 11 is 0. The van der Waals surface area contributed by atoms with Crippen LogP contribution in [0.4, 0.5) is 0 Å². The molecule has 0 aliphatic rings. The molecule has 0 saturated carbocycles. The van der Waals surface area contributed by atoms with Gasteiger partial charge in [-0.05, 0) is 31.0 Å². The maximum Gasteiger partial charge on any atom is 0.253 e. The normalized spacial score (nSPS) is 10.9. The Morgan fingerprint density at radius 1 is 1.33 bits per heavy atom. The van der Waals surface area contributed by atoms with Gasteiger partial charge in [0.2, 0.25) is 0 Å². The van der Waals surface area contributed by atoms with Crippen LogP contribution < -0.4 is 11.3 Å². The fraction of sp³-hybridized carbons (Fsp3) is 0.250. The van der Waals surface area contributed by atoms with Crippen LogP contribution in [0.3, 0.4) is 0 Å². The van der Waals surface area contributed by atoms with Crippen LogP contribution in [-0.4, -0.2) is 4.98 Å². The molecule has 0 radical (unpaired) electrons. The summed E-state index contributed by atoms with van der Waals surface area (Å²) in [6.07, 6.45) is 0. The molecule has 2 rings (SSSR count). The van der Waals surface area contributed by atoms with Gasteiger partial charge >= 0.3 is 0 Å². The smallest absolute Gasteiger partial charge is 0.253 e. The Balaban J connectivity index is 2.91. The number of nitrogens with one attached hydrogen (secondary N) is 1. The Morgan fingerprint density at radius 3 is 2.73 bits per heavy atom. The minimum absolute atomic E-state index is 0.0758. The molecule has 2 aromatic rings. The van der Waals surface area contributed by atoms with Crippen LogP contribution in [0.25, 0.3) is 10.9 Å². The van der Waals surface area contributed by atoms with E-state index in [0.29, 0.717) is 5.56 Å². The number of pyridine rings is 1. The molecular weight excluding hydrogens is 188 g/mol. The van der Waals surface area contributed by atoms with Crippen molar-refractivity contribution in [3.8, 4) is 0 Å². The van der Waals surface area contributed by atoms with E-state index in [1.54, 1.807) is 0 Å². The molecule has 3 nitrogen and oxygen atoms in total. The van der Waals surface area contributed by atoms with Gasteiger partial charge in [-0.1, -0.05) is 12.1 Å². The Morgan fingerprint density at radius 2 is 2.07 bits per heavy atom. The van der Waals surface area contributed by atoms with Gasteiger partial charge in [0.05, 0.1) is 0 Å². The van der Waals surface area contributed by atoms with Gasteiger partial charge in [0, 0.05) is 23.0 Å². The first-order valence-electron chi connectivity index (χ1n) is 4.95. The average Bonchev–Trinajstić information content (AvgIpc) is 2.17. The van der Waals surface area contributed by atoms with Gasteiger partial charge in [0.25, 0.3) is 5.56 Å². The minimum atomic E-state index is -0.0758. The number of fused-ring (bicyclic) bond motifs is 1. The van der Waals surface area contributed by atoms with Crippen molar-refractivity contribution in [3.05, 3.63) is 45.2 Å². The first-order valence-corrected chi connectivity index (χ1v) is 4.95. The molecule has 3 heteroatoms. The molecule has 0 bridgehead atoms. The maximum absolute atomic E-state index is 11.7. The second kappa shape index (κ2) is 3.51. The van der Waals surface area contributed by atoms with Crippen LogP contribution in [0.5, 0.6) is 0 Å². The van der Waals surface area contributed by atoms with E-state index >= 15 is 0 Å². The lowest BCUT2D eigenvalue weighted by Gasteiger charge is -2.07. The summed E-state index contributed by atoms with van der Waals surface area (Å²) in [4.78, 5) is 14.5. The third kappa shape index (κ3) is 1.55. The van der Waals surface area contributed by atoms with Crippen molar-refractivity contribution in [1.82, 2.24) is 4.98 Å². The number of hydrogen-bond acceptors (Lipinski definition) is 2. The van der Waals surface area contributed by atoms with Gasteiger partial charge in [-0.25, -0.2) is 0 Å². The van der Waals surface area contributed by atoms with Gasteiger partial charge in [0.1, 0.15) is 0 Å². The molecule has 0 aliphatic heterocycles. The maximum atomic E-state index is 11.7. The molecule has 0 unspecified atom stereocenters. The Labute approximate surface area is 87.9 Å². The molecule has 0 saturated heterocycles. The van der Waals surface area contributed by atoms with Crippen molar-refractivity contribution in [2.45, 2.75) is 20.4 Å². The van der Waals surface area contributed by atoms with Gasteiger partial charge in [-0.2, -0.15) is 0 Å². The average molecular weight is 202 g/mol. The number of nitrogens with two attached hydrogens (primary N) is 1. The lowest BCUT2D eigenvalue weighted by atomic mass is 10.0. The number of aromatic nitrogens is 1. The topological polar surface area (TPSA) is 58.9 Å². The number of aryl methyl sites for hydroxylation is 2. The molecular formula is C12H14N2O. The van der Waals surface area contributed by atoms with E-state index in [1.165, 1.54) is 0 Å². The van der Waals surface area contributed by atoms with Crippen LogP contribution in [-0.2, 0) is 6.54 Å². The highest BCUT2D eigenvalue weighted by Gasteiger charge is 2.06. The van der Waals surface area contributed by atoms with E-state index in [9.17, 15) is 4.79 Å². The van der Waals surface area contributed by atoms with Crippen molar-refractivity contribution >= 4 is 10.9 Å². The molecule has 0 atom stereocenters. The number of rotatable bonds is 1. The fourth-order valence-corrected chi connectivity index (χ4v) is 1.86. The molecule has 0 aliphatic carbocycles. The van der Waals surface area contributed by atoms with Gasteiger partial charge in [-0.3, -0.25) is 4.79 Å². The summed E-state index contributed by atoms with van der Waals surface area (Å²) in [7, 11) is 0. The van der Waals surface area contributed by atoms with Gasteiger partial charge in [0.15, 0.2) is 0 Å². The lowest BCUT2D eigenvalue weighted by Crippen LogP contribution is -2.18. The highest BCUT2D eigenvalue weighted by atomic mass is 16.1. The van der Waals surface area contributed by atoms with E-state index in [0.717, 1.165) is 22.0 Å². The Hall–Kier alpha value is -1.61. The summed E-state index contributed by atoms with van der Waals surface area (Å²) in [5.74, 6) is 0. The minimum Gasteiger partial charge on any atom is -0.326 e. The number of H-pyrrole nitrogens is 1. The lowest BCUT2D eigenvalue weighted by molar-refractivity contribution is 1.01. The monoisotopic (exact) mass is 202 g/mol. The first kappa shape index (κ1) is 9.93. The molecule has 78 valence electrons. The van der Waals surface area contributed by atoms with Crippen LogP contribution in [0.1, 0.15) is 16.7 Å². The molecule has 3 N–H and O–H groups in total. The molecule has 15 heavy (non-hydrogen) atoms. The zero-order chi connectivity index (χ0) is 11.0. The fourth-order valence-electron chi connectivity index (χ4n) is 1.86. The Kier molecular flexibility index (Phi) is 2.32. The van der Waals surface area contributed by atoms with E-state index in [2.05, 4.69) is 4.98 Å². The third-order valence-corrected chi connectivity index (χ3v) is 2.76. The van der Waals surface area contributed by atoms with Gasteiger partial charge in [-0.15, -0.1) is 0 Å². The summed E-state index contributed by atoms with van der Waals surface area (Å²) in [5.41, 5.74) is 9.15. The Bertz CT molecular complexity index is 570. The van der Waals surface area contributed by atoms with E-state index in [-0.39, 0.29) is 12.1 Å². The van der Waals surface area contributed by atoms with E-state index in [1.807, 2.05) is 32.0 Å². The van der Waals surface area contributed by atoms with E-state index in [4.69, 9.17) is 5.73 Å². The molecule has 1 aromatic carbocycles. The first-order chi connectivity index (χ1) is 7.13. The van der Waals surface area contributed by atoms with Crippen LogP contribution in [0.15, 0.2) is 23.0 Å². The zero-order valence-electron chi connectivity index (χ0n) is 8.92. The predicted molar refractivity (Wildman–Crippen MR) is 61.9 cm³/mol. The van der Waals surface area contributed by atoms with Crippen LogP contribution in [0.2, 0.25) is 0 Å². The molecule has 1 heterocycles. The second-order valence-corrected chi connectivity index (χ2v) is 3.81. The van der Waals surface area contributed by atoms with Crippen LogP contribution >= 0.6 is 0 Å². The quantitative estimate of drug-likeness (QED) is 0.738. The van der Waals surface area contributed by atoms with Crippen molar-refractivity contribution in [1.29, 1.82) is 0 Å². The second-order valence-electron chi connectivity index (χ2n) is 3.81. The molecule has 1 aromatic heterocycles. The SMILES string of the molecule is Cc1ccc2c(C)c(CN)c(=O)[nH]c2c1. The number of aromatic amines is 1. The predicted octanol–water partition coefficient (Wildman–Crippen LogP) is 1.60. The highest BCUT2D eigenvalue weighted by molar-refractivity contribution is 5.83. The molecule has 0 amide bonds. The summed E-state index contributed by atoms with van der Waals surface area (Å²) < 4.78 is 0. The van der Waals surface area contributed by atoms with Crippen molar-refractivity contribution in [3.63, 3.8) is 0 Å². The zero-order valence-corrected chi connectivity index (χ0v) is 8.92. The molecule has 0 fully saturated rings. The standard InChI is InChI=1S/C12H14N2O/c1-7-3-4-9-8(2)10(6-13)12(15)14-11(9)5-7/h3-5H,6,13H2,1-2H3,(H,14,15). The summed E-state index contributed by atoms with van der Waals surface area (Å²) in [6.45, 7) is 4.23. The highest BCUT2D eigenvalue weighted by Crippen LogP contribution is 2.18. The molecule has 0 spiro atoms. The van der Waals surface area contributed by atoms with Crippen molar-refractivity contribution < 1.29 is 0 Å². The largest absolute Gasteiger partial charge is 0.326 e. The summed E-state index contributed by atoms with van der Waals surface area (Å²) in [6, 6.07) is 6.03.